The first-order chi connectivity index (χ1) is 16.9. The molecule has 35 heavy (non-hydrogen) atoms. The highest BCUT2D eigenvalue weighted by Gasteiger charge is 2.29. The first-order valence-electron chi connectivity index (χ1n) is 11.5. The summed E-state index contributed by atoms with van der Waals surface area (Å²) in [5.41, 5.74) is 4.40. The topological polar surface area (TPSA) is 135 Å². The molecule has 0 radical (unpaired) electrons. The zero-order valence-corrected chi connectivity index (χ0v) is 19.3. The number of pyridine rings is 3. The van der Waals surface area contributed by atoms with Gasteiger partial charge in [-0.25, -0.2) is 9.78 Å². The van der Waals surface area contributed by atoms with Gasteiger partial charge in [-0.15, -0.1) is 0 Å². The molecule has 1 aliphatic rings. The molecule has 1 atom stereocenters. The Balaban J connectivity index is 1.47. The Kier molecular flexibility index (Phi) is 4.88. The Morgan fingerprint density at radius 1 is 1.11 bits per heavy atom. The minimum absolute atomic E-state index is 0.0737. The van der Waals surface area contributed by atoms with E-state index in [0.29, 0.717) is 37.1 Å². The zero-order chi connectivity index (χ0) is 24.3. The van der Waals surface area contributed by atoms with E-state index in [9.17, 15) is 14.7 Å². The number of hydrogen-bond donors (Lipinski definition) is 2. The summed E-state index contributed by atoms with van der Waals surface area (Å²) in [6.45, 7) is 2.46. The molecule has 1 amide bonds. The number of H-pyrrole nitrogens is 1. The second-order valence-electron chi connectivity index (χ2n) is 9.05. The van der Waals surface area contributed by atoms with E-state index in [-0.39, 0.29) is 17.6 Å². The summed E-state index contributed by atoms with van der Waals surface area (Å²) < 4.78 is 3.46. The van der Waals surface area contributed by atoms with Crippen LogP contribution in [0, 0.1) is 0 Å². The molecule has 11 heteroatoms. The van der Waals surface area contributed by atoms with Crippen molar-refractivity contribution in [1.29, 1.82) is 0 Å². The summed E-state index contributed by atoms with van der Waals surface area (Å²) in [6.07, 6.45) is 7.12. The number of aryl methyl sites for hydroxylation is 1. The Bertz CT molecular complexity index is 1660. The number of aliphatic hydroxyl groups is 1. The number of fused-ring (bicyclic) bond motifs is 4. The molecular formula is C24H24N8O3. The minimum atomic E-state index is -1.02. The van der Waals surface area contributed by atoms with Crippen LogP contribution in [0.25, 0.3) is 44.2 Å². The van der Waals surface area contributed by atoms with E-state index in [4.69, 9.17) is 0 Å². The highest BCUT2D eigenvalue weighted by molar-refractivity contribution is 6.03. The van der Waals surface area contributed by atoms with Gasteiger partial charge >= 0.3 is 5.69 Å². The van der Waals surface area contributed by atoms with Crippen molar-refractivity contribution in [2.45, 2.75) is 31.9 Å². The van der Waals surface area contributed by atoms with Gasteiger partial charge in [0, 0.05) is 48.7 Å². The molecular weight excluding hydrogens is 448 g/mol. The molecule has 11 nitrogen and oxygen atoms in total. The van der Waals surface area contributed by atoms with Gasteiger partial charge < -0.3 is 10.0 Å². The maximum absolute atomic E-state index is 13.4. The Hall–Kier alpha value is -4.12. The molecule has 1 saturated heterocycles. The second kappa shape index (κ2) is 7.98. The molecule has 6 heterocycles. The fourth-order valence-electron chi connectivity index (χ4n) is 5.01. The fraction of sp³-hybridized carbons (Fsp3) is 0.333. The maximum Gasteiger partial charge on any atom is 0.329 e. The number of piperidine rings is 1. The summed E-state index contributed by atoms with van der Waals surface area (Å²) in [6, 6.07) is 3.85. The van der Waals surface area contributed by atoms with Crippen LogP contribution >= 0.6 is 0 Å². The normalized spacial score (nSPS) is 15.9. The van der Waals surface area contributed by atoms with Gasteiger partial charge in [0.25, 0.3) is 5.91 Å². The average molecular weight is 473 g/mol. The first-order valence-corrected chi connectivity index (χ1v) is 11.5. The van der Waals surface area contributed by atoms with Gasteiger partial charge in [0.2, 0.25) is 0 Å². The molecule has 0 aliphatic carbocycles. The molecule has 0 unspecified atom stereocenters. The summed E-state index contributed by atoms with van der Waals surface area (Å²) in [5, 5.41) is 18.3. The van der Waals surface area contributed by atoms with E-state index >= 15 is 0 Å². The lowest BCUT2D eigenvalue weighted by molar-refractivity contribution is -0.140. The lowest BCUT2D eigenvalue weighted by atomic mass is 10.0. The Morgan fingerprint density at radius 3 is 2.69 bits per heavy atom. The van der Waals surface area contributed by atoms with Crippen LogP contribution in [0.5, 0.6) is 0 Å². The van der Waals surface area contributed by atoms with Gasteiger partial charge in [-0.05, 0) is 31.9 Å². The molecule has 5 aromatic rings. The van der Waals surface area contributed by atoms with Gasteiger partial charge in [0.15, 0.2) is 5.65 Å². The Morgan fingerprint density at radius 2 is 1.91 bits per heavy atom. The van der Waals surface area contributed by atoms with E-state index < -0.39 is 6.10 Å². The molecule has 0 aromatic carbocycles. The quantitative estimate of drug-likeness (QED) is 0.409. The van der Waals surface area contributed by atoms with E-state index in [2.05, 4.69) is 25.1 Å². The number of likely N-dealkylation sites (tertiary alicyclic amines) is 1. The third-order valence-corrected chi connectivity index (χ3v) is 6.89. The van der Waals surface area contributed by atoms with Crippen molar-refractivity contribution in [3.05, 3.63) is 47.4 Å². The number of nitrogens with one attached hydrogen (secondary N) is 1. The minimum Gasteiger partial charge on any atom is -0.384 e. The van der Waals surface area contributed by atoms with Gasteiger partial charge in [-0.2, -0.15) is 5.10 Å². The monoisotopic (exact) mass is 472 g/mol. The summed E-state index contributed by atoms with van der Waals surface area (Å²) in [7, 11) is 1.75. The number of rotatable bonds is 3. The lowest BCUT2D eigenvalue weighted by Gasteiger charge is -2.33. The van der Waals surface area contributed by atoms with Crippen LogP contribution in [0.2, 0.25) is 0 Å². The number of aromatic amines is 1. The van der Waals surface area contributed by atoms with Crippen LogP contribution in [-0.4, -0.2) is 69.4 Å². The van der Waals surface area contributed by atoms with Gasteiger partial charge in [0.05, 0.1) is 40.8 Å². The van der Waals surface area contributed by atoms with Crippen molar-refractivity contribution in [1.82, 2.24) is 39.2 Å². The number of nitrogens with zero attached hydrogens (tertiary/aromatic N) is 7. The van der Waals surface area contributed by atoms with Crippen molar-refractivity contribution in [2.75, 3.05) is 13.1 Å². The van der Waals surface area contributed by atoms with Gasteiger partial charge in [0.1, 0.15) is 6.10 Å². The van der Waals surface area contributed by atoms with E-state index in [0.717, 1.165) is 33.1 Å². The predicted molar refractivity (Wildman–Crippen MR) is 130 cm³/mol. The SMILES string of the molecule is C[C@@H](O)C(=O)N1CCC(n2c(=O)n(C)c3cnc4cnc(-c5cnc6[nH]ncc6c5)cc4c32)CC1. The number of amides is 1. The molecule has 0 saturated carbocycles. The number of carbonyl (C=O) groups is 1. The van der Waals surface area contributed by atoms with Gasteiger partial charge in [-0.3, -0.25) is 29.0 Å². The molecule has 1 aliphatic heterocycles. The van der Waals surface area contributed by atoms with Crippen molar-refractivity contribution < 1.29 is 9.90 Å². The number of carbonyl (C=O) groups excluding carboxylic acids is 1. The third-order valence-electron chi connectivity index (χ3n) is 6.89. The molecule has 5 aromatic heterocycles. The average Bonchev–Trinajstić information content (AvgIpc) is 3.45. The smallest absolute Gasteiger partial charge is 0.329 e. The van der Waals surface area contributed by atoms with Crippen LogP contribution in [-0.2, 0) is 11.8 Å². The second-order valence-corrected chi connectivity index (χ2v) is 9.05. The number of aromatic nitrogens is 7. The lowest BCUT2D eigenvalue weighted by Crippen LogP contribution is -2.44. The largest absolute Gasteiger partial charge is 0.384 e. The molecule has 0 bridgehead atoms. The standard InChI is InChI=1S/C24H24N8O3/c1-13(33)23(34)31-5-3-16(4-6-31)32-21-17-8-18(14-7-15-10-28-29-22(15)27-9-14)25-11-19(17)26-12-20(21)30(2)24(32)35/h7-13,16,33H,3-6H2,1-2H3,(H,27,28,29)/t13-/m1/s1. The van der Waals surface area contributed by atoms with E-state index in [1.54, 1.807) is 41.3 Å². The fourth-order valence-corrected chi connectivity index (χ4v) is 5.01. The van der Waals surface area contributed by atoms with Crippen molar-refractivity contribution >= 4 is 38.9 Å². The molecule has 2 N–H and O–H groups in total. The Labute approximate surface area is 199 Å². The molecule has 6 rings (SSSR count). The first kappa shape index (κ1) is 21.4. The van der Waals surface area contributed by atoms with Gasteiger partial charge in [-0.1, -0.05) is 0 Å². The molecule has 178 valence electrons. The van der Waals surface area contributed by atoms with Crippen LogP contribution in [0.1, 0.15) is 25.8 Å². The number of aliphatic hydroxyl groups excluding tert-OH is 1. The third kappa shape index (κ3) is 3.38. The predicted octanol–water partition coefficient (Wildman–Crippen LogP) is 1.77. The highest BCUT2D eigenvalue weighted by atomic mass is 16.3. The van der Waals surface area contributed by atoms with Crippen LogP contribution in [0.4, 0.5) is 0 Å². The molecule has 0 spiro atoms. The maximum atomic E-state index is 13.4. The zero-order valence-electron chi connectivity index (χ0n) is 19.3. The van der Waals surface area contributed by atoms with Crippen molar-refractivity contribution in [3.8, 4) is 11.3 Å². The van der Waals surface area contributed by atoms with E-state index in [1.165, 1.54) is 6.92 Å². The number of imidazole rings is 1. The number of hydrogen-bond acceptors (Lipinski definition) is 7. The van der Waals surface area contributed by atoms with Crippen molar-refractivity contribution in [3.63, 3.8) is 0 Å². The van der Waals surface area contributed by atoms with E-state index in [1.807, 2.05) is 16.7 Å². The summed E-state index contributed by atoms with van der Waals surface area (Å²) in [4.78, 5) is 40.8. The van der Waals surface area contributed by atoms with Crippen LogP contribution < -0.4 is 5.69 Å². The highest BCUT2D eigenvalue weighted by Crippen LogP contribution is 2.31. The van der Waals surface area contributed by atoms with Crippen molar-refractivity contribution in [2.24, 2.45) is 7.05 Å². The summed E-state index contributed by atoms with van der Waals surface area (Å²) in [5.74, 6) is -0.276. The van der Waals surface area contributed by atoms with Crippen LogP contribution in [0.15, 0.2) is 41.7 Å². The molecule has 1 fully saturated rings. The van der Waals surface area contributed by atoms with Crippen LogP contribution in [0.3, 0.4) is 0 Å². The summed E-state index contributed by atoms with van der Waals surface area (Å²) >= 11 is 0.